The van der Waals surface area contributed by atoms with Gasteiger partial charge in [0.05, 0.1) is 27.8 Å². The molecule has 0 amide bonds. The van der Waals surface area contributed by atoms with Crippen LogP contribution >= 0.6 is 11.3 Å². The Morgan fingerprint density at radius 3 is 2.69 bits per heavy atom. The lowest BCUT2D eigenvalue weighted by atomic mass is 9.82. The zero-order valence-corrected chi connectivity index (χ0v) is 22.0. The van der Waals surface area contributed by atoms with Crippen LogP contribution in [0.4, 0.5) is 11.8 Å². The third-order valence-electron chi connectivity index (χ3n) is 7.89. The predicted octanol–water partition coefficient (Wildman–Crippen LogP) is 5.13. The van der Waals surface area contributed by atoms with E-state index >= 15 is 0 Å². The van der Waals surface area contributed by atoms with E-state index in [9.17, 15) is 5.11 Å². The highest BCUT2D eigenvalue weighted by Gasteiger charge is 2.31. The minimum atomic E-state index is 0.250. The van der Waals surface area contributed by atoms with Gasteiger partial charge in [-0.25, -0.2) is 9.97 Å². The maximum atomic E-state index is 9.64. The summed E-state index contributed by atoms with van der Waals surface area (Å²) in [6, 6.07) is 2.36. The minimum absolute atomic E-state index is 0.250. The highest BCUT2D eigenvalue weighted by molar-refractivity contribution is 7.21. The lowest BCUT2D eigenvalue weighted by Gasteiger charge is -2.35. The molecular formula is C27H36N6O2S. The van der Waals surface area contributed by atoms with Crippen LogP contribution < -0.4 is 10.6 Å². The first-order valence-electron chi connectivity index (χ1n) is 13.5. The number of aryl methyl sites for hydroxylation is 1. The van der Waals surface area contributed by atoms with Crippen LogP contribution in [-0.4, -0.2) is 56.9 Å². The molecule has 0 spiro atoms. The molecule has 2 atom stereocenters. The number of aromatic nitrogens is 4. The number of fused-ring (bicyclic) bond motifs is 1. The summed E-state index contributed by atoms with van der Waals surface area (Å²) in [5.41, 5.74) is 4.07. The Kier molecular flexibility index (Phi) is 6.79. The first kappa shape index (κ1) is 24.0. The number of thiazole rings is 1. The Labute approximate surface area is 216 Å². The van der Waals surface area contributed by atoms with Gasteiger partial charge in [0.1, 0.15) is 16.3 Å². The molecule has 0 radical (unpaired) electrons. The minimum Gasteiger partial charge on any atom is -0.396 e. The van der Waals surface area contributed by atoms with Gasteiger partial charge in [0.2, 0.25) is 5.95 Å². The highest BCUT2D eigenvalue weighted by Crippen LogP contribution is 2.44. The van der Waals surface area contributed by atoms with Crippen molar-refractivity contribution in [1.82, 2.24) is 19.9 Å². The maximum absolute atomic E-state index is 9.64. The van der Waals surface area contributed by atoms with Gasteiger partial charge < -0.3 is 20.5 Å². The number of rotatable bonds is 10. The Morgan fingerprint density at radius 1 is 1.08 bits per heavy atom. The molecule has 9 heteroatoms. The third-order valence-corrected chi connectivity index (χ3v) is 8.93. The van der Waals surface area contributed by atoms with E-state index in [-0.39, 0.29) is 6.61 Å². The molecule has 2 unspecified atom stereocenters. The molecule has 0 bridgehead atoms. The summed E-state index contributed by atoms with van der Waals surface area (Å²) in [7, 11) is 0. The van der Waals surface area contributed by atoms with Crippen molar-refractivity contribution in [3.05, 3.63) is 23.7 Å². The molecule has 3 aromatic rings. The van der Waals surface area contributed by atoms with E-state index in [2.05, 4.69) is 35.5 Å². The quantitative estimate of drug-likeness (QED) is 0.346. The van der Waals surface area contributed by atoms with Crippen molar-refractivity contribution in [3.63, 3.8) is 0 Å². The van der Waals surface area contributed by atoms with E-state index in [1.165, 1.54) is 17.5 Å². The van der Waals surface area contributed by atoms with Crippen molar-refractivity contribution in [2.24, 2.45) is 11.8 Å². The van der Waals surface area contributed by atoms with Crippen LogP contribution in [-0.2, 0) is 4.74 Å². The molecule has 3 heterocycles. The third kappa shape index (κ3) is 4.93. The summed E-state index contributed by atoms with van der Waals surface area (Å²) in [6.45, 7) is 6.00. The van der Waals surface area contributed by atoms with Gasteiger partial charge >= 0.3 is 0 Å². The summed E-state index contributed by atoms with van der Waals surface area (Å²) in [5, 5.41) is 17.8. The van der Waals surface area contributed by atoms with Crippen molar-refractivity contribution in [2.75, 3.05) is 30.4 Å². The normalized spacial score (nSPS) is 25.8. The Balaban J connectivity index is 1.29. The van der Waals surface area contributed by atoms with Gasteiger partial charge in [0.25, 0.3) is 0 Å². The highest BCUT2D eigenvalue weighted by atomic mass is 32.1. The molecular weight excluding hydrogens is 472 g/mol. The smallest absolute Gasteiger partial charge is 0.224 e. The Hall–Kier alpha value is -2.36. The monoisotopic (exact) mass is 508 g/mol. The molecule has 8 nitrogen and oxygen atoms in total. The van der Waals surface area contributed by atoms with Gasteiger partial charge in [-0.1, -0.05) is 0 Å². The number of ether oxygens (including phenoxy) is 1. The second kappa shape index (κ2) is 10.2. The van der Waals surface area contributed by atoms with Crippen LogP contribution in [0.15, 0.2) is 12.3 Å². The summed E-state index contributed by atoms with van der Waals surface area (Å²) in [6.07, 6.45) is 9.94. The number of nitrogens with one attached hydrogen (secondary N) is 2. The lowest BCUT2D eigenvalue weighted by molar-refractivity contribution is -0.0205. The fourth-order valence-electron chi connectivity index (χ4n) is 5.66. The number of aliphatic hydroxyl groups is 1. The van der Waals surface area contributed by atoms with Crippen molar-refractivity contribution < 1.29 is 9.84 Å². The molecule has 3 saturated carbocycles. The van der Waals surface area contributed by atoms with E-state index in [4.69, 9.17) is 19.7 Å². The van der Waals surface area contributed by atoms with Gasteiger partial charge in [-0.3, -0.25) is 4.98 Å². The molecule has 36 heavy (non-hydrogen) atoms. The van der Waals surface area contributed by atoms with Crippen LogP contribution in [0.25, 0.3) is 20.8 Å². The van der Waals surface area contributed by atoms with E-state index in [1.807, 2.05) is 6.20 Å². The molecule has 3 fully saturated rings. The molecule has 192 valence electrons. The zero-order chi connectivity index (χ0) is 24.6. The lowest BCUT2D eigenvalue weighted by Crippen LogP contribution is -2.35. The number of hydrogen-bond acceptors (Lipinski definition) is 9. The van der Waals surface area contributed by atoms with E-state index in [1.54, 1.807) is 11.3 Å². The van der Waals surface area contributed by atoms with Crippen LogP contribution in [0.2, 0.25) is 0 Å². The standard InChI is InChI=1S/C27H36N6O2S/c1-3-35-20-11-17(12-20)13-29-27-30-15(2)22(25(33-27)31-19-7-4-16(10-19)14-34)26-32-24-21(36-26)8-9-28-23(24)18-5-6-18/h8-9,16-20,34H,3-7,10-14H2,1-2H3,(H2,29,30,31,33). The molecule has 3 aromatic heterocycles. The number of nitrogens with zero attached hydrogens (tertiary/aromatic N) is 4. The van der Waals surface area contributed by atoms with Gasteiger partial charge in [-0.2, -0.15) is 4.98 Å². The van der Waals surface area contributed by atoms with Gasteiger partial charge in [-0.15, -0.1) is 11.3 Å². The predicted molar refractivity (Wildman–Crippen MR) is 144 cm³/mol. The number of aliphatic hydroxyl groups excluding tert-OH is 1. The molecule has 0 aliphatic heterocycles. The van der Waals surface area contributed by atoms with Crippen LogP contribution in [0, 0.1) is 18.8 Å². The van der Waals surface area contributed by atoms with Gasteiger partial charge in [0, 0.05) is 37.9 Å². The second-order valence-electron chi connectivity index (χ2n) is 10.7. The van der Waals surface area contributed by atoms with Crippen LogP contribution in [0.5, 0.6) is 0 Å². The largest absolute Gasteiger partial charge is 0.396 e. The fraction of sp³-hybridized carbons (Fsp3) is 0.630. The first-order chi connectivity index (χ1) is 17.6. The first-order valence-corrected chi connectivity index (χ1v) is 14.3. The molecule has 0 saturated heterocycles. The topological polar surface area (TPSA) is 105 Å². The average Bonchev–Trinajstić information content (AvgIpc) is 3.44. The van der Waals surface area contributed by atoms with Crippen molar-refractivity contribution in [1.29, 1.82) is 0 Å². The molecule has 3 aliphatic carbocycles. The number of pyridine rings is 1. The molecule has 3 N–H and O–H groups in total. The Morgan fingerprint density at radius 2 is 1.94 bits per heavy atom. The van der Waals surface area contributed by atoms with Crippen LogP contribution in [0.3, 0.4) is 0 Å². The molecule has 6 rings (SSSR count). The molecule has 3 aliphatic rings. The van der Waals surface area contributed by atoms with Gasteiger partial charge in [-0.05, 0) is 76.7 Å². The van der Waals surface area contributed by atoms with Crippen molar-refractivity contribution in [3.8, 4) is 10.6 Å². The summed E-state index contributed by atoms with van der Waals surface area (Å²) < 4.78 is 6.88. The Bertz CT molecular complexity index is 1220. The SMILES string of the molecule is CCOC1CC(CNc2nc(C)c(-c3nc4c(C5CC5)nccc4s3)c(NC3CCC(CO)C3)n2)C1. The summed E-state index contributed by atoms with van der Waals surface area (Å²) >= 11 is 1.70. The van der Waals surface area contributed by atoms with E-state index in [0.717, 1.165) is 78.5 Å². The van der Waals surface area contributed by atoms with E-state index in [0.29, 0.717) is 35.8 Å². The molecule has 0 aromatic carbocycles. The fourth-order valence-corrected chi connectivity index (χ4v) is 6.73. The average molecular weight is 509 g/mol. The summed E-state index contributed by atoms with van der Waals surface area (Å²) in [5.74, 6) is 3.01. The zero-order valence-electron chi connectivity index (χ0n) is 21.2. The van der Waals surface area contributed by atoms with Gasteiger partial charge in [0.15, 0.2) is 0 Å². The summed E-state index contributed by atoms with van der Waals surface area (Å²) in [4.78, 5) is 19.6. The van der Waals surface area contributed by atoms with Crippen molar-refractivity contribution >= 4 is 33.3 Å². The maximum Gasteiger partial charge on any atom is 0.224 e. The van der Waals surface area contributed by atoms with Crippen LogP contribution in [0.1, 0.15) is 69.2 Å². The van der Waals surface area contributed by atoms with Crippen molar-refractivity contribution in [2.45, 2.75) is 76.9 Å². The second-order valence-corrected chi connectivity index (χ2v) is 11.7. The number of anilines is 2. The van der Waals surface area contributed by atoms with E-state index < -0.39 is 0 Å². The number of hydrogen-bond donors (Lipinski definition) is 3.